The molecule has 0 spiro atoms. The Hall–Kier alpha value is -2.86. The third kappa shape index (κ3) is 3.23. The Morgan fingerprint density at radius 3 is 2.54 bits per heavy atom. The Kier molecular flexibility index (Phi) is 4.77. The van der Waals surface area contributed by atoms with E-state index >= 15 is 0 Å². The van der Waals surface area contributed by atoms with Crippen LogP contribution in [0.2, 0.25) is 0 Å². The van der Waals surface area contributed by atoms with Crippen LogP contribution in [0.15, 0.2) is 48.5 Å². The van der Waals surface area contributed by atoms with Gasteiger partial charge in [-0.15, -0.1) is 0 Å². The van der Waals surface area contributed by atoms with Crippen LogP contribution >= 0.6 is 0 Å². The van der Waals surface area contributed by atoms with E-state index in [-0.39, 0.29) is 6.61 Å². The number of hydrogen-bond donors (Lipinski definition) is 2. The van der Waals surface area contributed by atoms with E-state index in [0.717, 1.165) is 28.2 Å². The van der Waals surface area contributed by atoms with Gasteiger partial charge in [0.1, 0.15) is 11.6 Å². The van der Waals surface area contributed by atoms with Gasteiger partial charge in [-0.1, -0.05) is 12.1 Å². The van der Waals surface area contributed by atoms with Gasteiger partial charge in [-0.3, -0.25) is 0 Å². The second-order valence-electron chi connectivity index (χ2n) is 5.30. The van der Waals surface area contributed by atoms with Crippen LogP contribution in [0.25, 0.3) is 10.9 Å². The minimum atomic E-state index is 0.0276. The number of rotatable bonds is 6. The van der Waals surface area contributed by atoms with Gasteiger partial charge in [0.25, 0.3) is 0 Å². The summed E-state index contributed by atoms with van der Waals surface area (Å²) in [5.41, 5.74) is 1.84. The smallest absolute Gasteiger partial charge is 0.225 e. The highest BCUT2D eigenvalue weighted by atomic mass is 16.5. The van der Waals surface area contributed by atoms with Crippen molar-refractivity contribution in [2.24, 2.45) is 0 Å². The van der Waals surface area contributed by atoms with Gasteiger partial charge < -0.3 is 20.1 Å². The summed E-state index contributed by atoms with van der Waals surface area (Å²) < 4.78 is 5.21. The highest BCUT2D eigenvalue weighted by Gasteiger charge is 2.13. The van der Waals surface area contributed by atoms with E-state index in [0.29, 0.717) is 12.5 Å². The topological polar surface area (TPSA) is 70.5 Å². The van der Waals surface area contributed by atoms with Crippen LogP contribution in [0.1, 0.15) is 0 Å². The number of para-hydroxylation sites is 1. The van der Waals surface area contributed by atoms with Gasteiger partial charge in [0, 0.05) is 24.7 Å². The Morgan fingerprint density at radius 2 is 1.83 bits per heavy atom. The molecule has 0 radical (unpaired) electrons. The molecule has 6 heteroatoms. The molecule has 0 aliphatic carbocycles. The summed E-state index contributed by atoms with van der Waals surface area (Å²) in [7, 11) is 3.61. The van der Waals surface area contributed by atoms with Gasteiger partial charge in [0.15, 0.2) is 0 Å². The number of aliphatic hydroxyl groups is 1. The molecule has 2 N–H and O–H groups in total. The highest BCUT2D eigenvalue weighted by molar-refractivity contribution is 5.92. The number of nitrogens with one attached hydrogen (secondary N) is 1. The fourth-order valence-electron chi connectivity index (χ4n) is 2.49. The number of ether oxygens (including phenoxy) is 1. The lowest BCUT2D eigenvalue weighted by Gasteiger charge is -2.21. The third-order valence-corrected chi connectivity index (χ3v) is 3.76. The molecule has 0 saturated carbocycles. The Balaban J connectivity index is 2.04. The fraction of sp³-hybridized carbons (Fsp3) is 0.222. The molecule has 0 saturated heterocycles. The number of fused-ring (bicyclic) bond motifs is 1. The van der Waals surface area contributed by atoms with E-state index in [1.54, 1.807) is 7.11 Å². The highest BCUT2D eigenvalue weighted by Crippen LogP contribution is 2.30. The second-order valence-corrected chi connectivity index (χ2v) is 5.30. The van der Waals surface area contributed by atoms with E-state index in [4.69, 9.17) is 9.84 Å². The lowest BCUT2D eigenvalue weighted by molar-refractivity contribution is 0.311. The van der Waals surface area contributed by atoms with Crippen LogP contribution in [0.4, 0.5) is 17.5 Å². The van der Waals surface area contributed by atoms with Crippen molar-refractivity contribution >= 4 is 28.4 Å². The first-order chi connectivity index (χ1) is 11.7. The molecule has 2 aromatic carbocycles. The Morgan fingerprint density at radius 1 is 1.08 bits per heavy atom. The van der Waals surface area contributed by atoms with Gasteiger partial charge in [0.2, 0.25) is 5.95 Å². The molecule has 124 valence electrons. The Labute approximate surface area is 140 Å². The number of aliphatic hydroxyl groups excluding tert-OH is 1. The summed E-state index contributed by atoms with van der Waals surface area (Å²) in [6.07, 6.45) is 0. The monoisotopic (exact) mass is 324 g/mol. The van der Waals surface area contributed by atoms with Crippen molar-refractivity contribution in [3.63, 3.8) is 0 Å². The van der Waals surface area contributed by atoms with Crippen LogP contribution in [0, 0.1) is 0 Å². The number of hydrogen-bond acceptors (Lipinski definition) is 6. The molecule has 0 fully saturated rings. The number of methoxy groups -OCH3 is 1. The van der Waals surface area contributed by atoms with Gasteiger partial charge in [-0.05, 0) is 36.4 Å². The van der Waals surface area contributed by atoms with Crippen molar-refractivity contribution in [3.8, 4) is 5.75 Å². The van der Waals surface area contributed by atoms with E-state index < -0.39 is 0 Å². The minimum absolute atomic E-state index is 0.0276. The molecule has 0 bridgehead atoms. The molecule has 0 aliphatic rings. The first-order valence-electron chi connectivity index (χ1n) is 7.72. The van der Waals surface area contributed by atoms with Crippen LogP contribution in [0.3, 0.4) is 0 Å². The summed E-state index contributed by atoms with van der Waals surface area (Å²) in [5, 5.41) is 13.0. The maximum Gasteiger partial charge on any atom is 0.225 e. The van der Waals surface area contributed by atoms with Gasteiger partial charge in [-0.25, -0.2) is 4.98 Å². The zero-order chi connectivity index (χ0) is 16.9. The van der Waals surface area contributed by atoms with E-state index in [2.05, 4.69) is 15.3 Å². The van der Waals surface area contributed by atoms with Crippen molar-refractivity contribution in [2.75, 3.05) is 37.5 Å². The van der Waals surface area contributed by atoms with E-state index in [9.17, 15) is 0 Å². The molecule has 3 aromatic rings. The van der Waals surface area contributed by atoms with Gasteiger partial charge in [-0.2, -0.15) is 4.98 Å². The van der Waals surface area contributed by atoms with Crippen molar-refractivity contribution in [3.05, 3.63) is 48.5 Å². The van der Waals surface area contributed by atoms with Crippen molar-refractivity contribution in [2.45, 2.75) is 0 Å². The zero-order valence-electron chi connectivity index (χ0n) is 13.7. The first kappa shape index (κ1) is 16.0. The zero-order valence-corrected chi connectivity index (χ0v) is 13.7. The molecule has 6 nitrogen and oxygen atoms in total. The number of nitrogens with zero attached hydrogens (tertiary/aromatic N) is 3. The van der Waals surface area contributed by atoms with Crippen molar-refractivity contribution in [1.82, 2.24) is 9.97 Å². The summed E-state index contributed by atoms with van der Waals surface area (Å²) >= 11 is 0. The quantitative estimate of drug-likeness (QED) is 0.726. The molecule has 0 aliphatic heterocycles. The van der Waals surface area contributed by atoms with E-state index in [1.165, 1.54) is 0 Å². The number of aromatic nitrogens is 2. The van der Waals surface area contributed by atoms with Gasteiger partial charge in [0.05, 0.1) is 19.2 Å². The molecule has 0 amide bonds. The lowest BCUT2D eigenvalue weighted by atomic mass is 10.2. The Bertz CT molecular complexity index is 821. The van der Waals surface area contributed by atoms with Crippen LogP contribution in [-0.2, 0) is 0 Å². The van der Waals surface area contributed by atoms with Gasteiger partial charge >= 0.3 is 0 Å². The normalized spacial score (nSPS) is 10.6. The summed E-state index contributed by atoms with van der Waals surface area (Å²) in [6, 6.07) is 15.7. The standard InChI is InChI=1S/C18H20N4O2/c1-22(13-7-9-14(24-2)10-8-13)17-15-5-3-4-6-16(15)20-18(21-17)19-11-12-23/h3-10,23H,11-12H2,1-2H3,(H,19,20,21). The van der Waals surface area contributed by atoms with Crippen LogP contribution in [0.5, 0.6) is 5.75 Å². The summed E-state index contributed by atoms with van der Waals surface area (Å²) in [6.45, 7) is 0.434. The predicted molar refractivity (Wildman–Crippen MR) is 96.2 cm³/mol. The molecule has 1 aromatic heterocycles. The third-order valence-electron chi connectivity index (χ3n) is 3.76. The lowest BCUT2D eigenvalue weighted by Crippen LogP contribution is -2.15. The molecule has 0 unspecified atom stereocenters. The SMILES string of the molecule is COc1ccc(N(C)c2nc(NCCO)nc3ccccc23)cc1. The van der Waals surface area contributed by atoms with Crippen molar-refractivity contribution in [1.29, 1.82) is 0 Å². The fourth-order valence-corrected chi connectivity index (χ4v) is 2.49. The molecule has 1 heterocycles. The van der Waals surface area contributed by atoms with Crippen molar-refractivity contribution < 1.29 is 9.84 Å². The molecular weight excluding hydrogens is 304 g/mol. The molecule has 24 heavy (non-hydrogen) atoms. The van der Waals surface area contributed by atoms with Crippen LogP contribution in [-0.4, -0.2) is 42.4 Å². The van der Waals surface area contributed by atoms with Crippen LogP contribution < -0.4 is 15.0 Å². The summed E-state index contributed by atoms with van der Waals surface area (Å²) in [5.74, 6) is 2.11. The largest absolute Gasteiger partial charge is 0.497 e. The molecular formula is C18H20N4O2. The number of benzene rings is 2. The second kappa shape index (κ2) is 7.14. The average molecular weight is 324 g/mol. The minimum Gasteiger partial charge on any atom is -0.497 e. The summed E-state index contributed by atoms with van der Waals surface area (Å²) in [4.78, 5) is 11.1. The maximum atomic E-state index is 9.01. The molecule has 3 rings (SSSR count). The maximum absolute atomic E-state index is 9.01. The predicted octanol–water partition coefficient (Wildman–Crippen LogP) is 2.81. The van der Waals surface area contributed by atoms with E-state index in [1.807, 2.05) is 60.5 Å². The average Bonchev–Trinajstić information content (AvgIpc) is 2.65. The first-order valence-corrected chi connectivity index (χ1v) is 7.72. The number of anilines is 3. The molecule has 0 atom stereocenters.